The number of nitrogens with zero attached hydrogens (tertiary/aromatic N) is 1. The van der Waals surface area contributed by atoms with Gasteiger partial charge in [-0.2, -0.15) is 0 Å². The molecule has 0 spiro atoms. The van der Waals surface area contributed by atoms with E-state index in [2.05, 4.69) is 10.3 Å². The van der Waals surface area contributed by atoms with Crippen LogP contribution < -0.4 is 5.32 Å². The van der Waals surface area contributed by atoms with Crippen LogP contribution in [0.3, 0.4) is 0 Å². The first kappa shape index (κ1) is 16.3. The maximum absolute atomic E-state index is 13.7. The molecule has 0 fully saturated rings. The summed E-state index contributed by atoms with van der Waals surface area (Å²) in [5.74, 6) is -2.20. The molecule has 4 nitrogen and oxygen atoms in total. The van der Waals surface area contributed by atoms with Crippen molar-refractivity contribution in [3.8, 4) is 0 Å². The van der Waals surface area contributed by atoms with E-state index in [1.165, 1.54) is 19.1 Å². The number of nitrogens with one attached hydrogen (secondary N) is 1. The SMILES string of the molecule is CC(O)(CNC(=O)c1cccc(Cl)n1)c1ccc(F)cc1F. The lowest BCUT2D eigenvalue weighted by molar-refractivity contribution is 0.0493. The average Bonchev–Trinajstić information content (AvgIpc) is 2.44. The molecule has 0 radical (unpaired) electrons. The Morgan fingerprint density at radius 3 is 2.73 bits per heavy atom. The van der Waals surface area contributed by atoms with E-state index < -0.39 is 23.1 Å². The van der Waals surface area contributed by atoms with Crippen molar-refractivity contribution in [3.63, 3.8) is 0 Å². The van der Waals surface area contributed by atoms with Gasteiger partial charge in [-0.15, -0.1) is 0 Å². The van der Waals surface area contributed by atoms with Gasteiger partial charge < -0.3 is 10.4 Å². The van der Waals surface area contributed by atoms with Crippen LogP contribution in [-0.4, -0.2) is 22.5 Å². The number of aromatic nitrogens is 1. The molecule has 1 aromatic carbocycles. The van der Waals surface area contributed by atoms with Crippen molar-refractivity contribution in [3.05, 3.63) is 64.4 Å². The zero-order valence-electron chi connectivity index (χ0n) is 11.6. The second-order valence-corrected chi connectivity index (χ2v) is 5.31. The molecule has 1 amide bonds. The zero-order valence-corrected chi connectivity index (χ0v) is 12.4. The van der Waals surface area contributed by atoms with Crippen LogP contribution in [0, 0.1) is 11.6 Å². The molecule has 0 aliphatic carbocycles. The smallest absolute Gasteiger partial charge is 0.270 e. The van der Waals surface area contributed by atoms with Crippen molar-refractivity contribution in [1.29, 1.82) is 0 Å². The zero-order chi connectivity index (χ0) is 16.3. The molecule has 1 aromatic heterocycles. The van der Waals surface area contributed by atoms with Crippen molar-refractivity contribution in [2.75, 3.05) is 6.54 Å². The third kappa shape index (κ3) is 3.78. The molecule has 1 heterocycles. The molecule has 1 unspecified atom stereocenters. The number of carbonyl (C=O) groups excluding carboxylic acids is 1. The monoisotopic (exact) mass is 326 g/mol. The fraction of sp³-hybridized carbons (Fsp3) is 0.200. The predicted octanol–water partition coefficient (Wildman–Crippen LogP) is 2.65. The van der Waals surface area contributed by atoms with Crippen LogP contribution in [0.1, 0.15) is 23.0 Å². The first-order valence-electron chi connectivity index (χ1n) is 6.38. The molecule has 0 saturated carbocycles. The number of hydrogen-bond acceptors (Lipinski definition) is 3. The second kappa shape index (κ2) is 6.37. The summed E-state index contributed by atoms with van der Waals surface area (Å²) in [6.45, 7) is 1.04. The number of benzene rings is 1. The van der Waals surface area contributed by atoms with Crippen LogP contribution in [0.15, 0.2) is 36.4 Å². The van der Waals surface area contributed by atoms with E-state index in [1.807, 2.05) is 0 Å². The van der Waals surface area contributed by atoms with E-state index in [1.54, 1.807) is 6.07 Å². The first-order valence-corrected chi connectivity index (χ1v) is 6.76. The lowest BCUT2D eigenvalue weighted by Crippen LogP contribution is -2.39. The Bertz CT molecular complexity index is 708. The minimum absolute atomic E-state index is 0.0721. The Labute approximate surface area is 130 Å². The van der Waals surface area contributed by atoms with E-state index in [0.717, 1.165) is 12.1 Å². The van der Waals surface area contributed by atoms with Crippen molar-refractivity contribution in [2.45, 2.75) is 12.5 Å². The molecule has 116 valence electrons. The Hall–Kier alpha value is -2.05. The minimum atomic E-state index is -1.70. The van der Waals surface area contributed by atoms with Gasteiger partial charge >= 0.3 is 0 Å². The van der Waals surface area contributed by atoms with Gasteiger partial charge in [0.1, 0.15) is 28.1 Å². The first-order chi connectivity index (χ1) is 10.3. The molecule has 2 N–H and O–H groups in total. The Morgan fingerprint density at radius 2 is 2.09 bits per heavy atom. The number of carbonyl (C=O) groups is 1. The number of aliphatic hydroxyl groups is 1. The van der Waals surface area contributed by atoms with Gasteiger partial charge in [0, 0.05) is 11.6 Å². The van der Waals surface area contributed by atoms with Gasteiger partial charge in [0.2, 0.25) is 0 Å². The van der Waals surface area contributed by atoms with Gasteiger partial charge in [-0.3, -0.25) is 4.79 Å². The van der Waals surface area contributed by atoms with Gasteiger partial charge in [0.05, 0.1) is 6.54 Å². The van der Waals surface area contributed by atoms with Crippen LogP contribution in [0.5, 0.6) is 0 Å². The Kier molecular flexibility index (Phi) is 4.73. The highest BCUT2D eigenvalue weighted by Crippen LogP contribution is 2.23. The van der Waals surface area contributed by atoms with E-state index in [4.69, 9.17) is 11.6 Å². The molecule has 0 saturated heterocycles. The summed E-state index contributed by atoms with van der Waals surface area (Å²) >= 11 is 5.68. The summed E-state index contributed by atoms with van der Waals surface area (Å²) in [5, 5.41) is 12.9. The van der Waals surface area contributed by atoms with Crippen LogP contribution in [0.25, 0.3) is 0 Å². The summed E-state index contributed by atoms with van der Waals surface area (Å²) in [5.41, 5.74) is -1.75. The second-order valence-electron chi connectivity index (χ2n) is 4.93. The maximum Gasteiger partial charge on any atom is 0.270 e. The molecule has 7 heteroatoms. The van der Waals surface area contributed by atoms with Crippen LogP contribution in [0.4, 0.5) is 8.78 Å². The molecule has 22 heavy (non-hydrogen) atoms. The molecule has 0 aliphatic heterocycles. The largest absolute Gasteiger partial charge is 0.383 e. The molecular weight excluding hydrogens is 314 g/mol. The molecule has 1 atom stereocenters. The Balaban J connectivity index is 2.10. The summed E-state index contributed by atoms with van der Waals surface area (Å²) in [4.78, 5) is 15.7. The molecule has 2 aromatic rings. The summed E-state index contributed by atoms with van der Waals surface area (Å²) < 4.78 is 26.6. The summed E-state index contributed by atoms with van der Waals surface area (Å²) in [6.07, 6.45) is 0. The molecule has 0 bridgehead atoms. The van der Waals surface area contributed by atoms with Crippen LogP contribution in [-0.2, 0) is 5.60 Å². The highest BCUT2D eigenvalue weighted by molar-refractivity contribution is 6.29. The average molecular weight is 327 g/mol. The van der Waals surface area contributed by atoms with Crippen molar-refractivity contribution in [2.24, 2.45) is 0 Å². The van der Waals surface area contributed by atoms with E-state index in [-0.39, 0.29) is 23.0 Å². The normalized spacial score (nSPS) is 13.5. The van der Waals surface area contributed by atoms with Crippen LogP contribution >= 0.6 is 11.6 Å². The number of hydrogen-bond donors (Lipinski definition) is 2. The van der Waals surface area contributed by atoms with E-state index in [9.17, 15) is 18.7 Å². The lowest BCUT2D eigenvalue weighted by Gasteiger charge is -2.24. The quantitative estimate of drug-likeness (QED) is 0.849. The molecule has 2 rings (SSSR count). The standard InChI is InChI=1S/C15H13ClF2N2O2/c1-15(22,10-6-5-9(17)7-11(10)18)8-19-14(21)12-3-2-4-13(16)20-12/h2-7,22H,8H2,1H3,(H,19,21). The maximum atomic E-state index is 13.7. The Morgan fingerprint density at radius 1 is 1.36 bits per heavy atom. The number of pyridine rings is 1. The van der Waals surface area contributed by atoms with Crippen molar-refractivity contribution >= 4 is 17.5 Å². The topological polar surface area (TPSA) is 62.2 Å². The fourth-order valence-electron chi connectivity index (χ4n) is 1.90. The van der Waals surface area contributed by atoms with Gasteiger partial charge in [-0.1, -0.05) is 23.7 Å². The fourth-order valence-corrected chi connectivity index (χ4v) is 2.06. The highest BCUT2D eigenvalue weighted by atomic mass is 35.5. The van der Waals surface area contributed by atoms with Gasteiger partial charge in [0.15, 0.2) is 0 Å². The van der Waals surface area contributed by atoms with E-state index in [0.29, 0.717) is 6.07 Å². The number of amides is 1. The summed E-state index contributed by atoms with van der Waals surface area (Å²) in [7, 11) is 0. The van der Waals surface area contributed by atoms with Gasteiger partial charge in [0.25, 0.3) is 5.91 Å². The lowest BCUT2D eigenvalue weighted by atomic mass is 9.95. The van der Waals surface area contributed by atoms with Crippen molar-refractivity contribution < 1.29 is 18.7 Å². The van der Waals surface area contributed by atoms with Gasteiger partial charge in [-0.25, -0.2) is 13.8 Å². The summed E-state index contributed by atoms with van der Waals surface area (Å²) in [6, 6.07) is 7.37. The third-order valence-corrected chi connectivity index (χ3v) is 3.26. The molecule has 0 aliphatic rings. The molecular formula is C15H13ClF2N2O2. The van der Waals surface area contributed by atoms with Crippen LogP contribution in [0.2, 0.25) is 5.15 Å². The predicted molar refractivity (Wildman–Crippen MR) is 77.5 cm³/mol. The number of halogens is 3. The minimum Gasteiger partial charge on any atom is -0.383 e. The highest BCUT2D eigenvalue weighted by Gasteiger charge is 2.27. The van der Waals surface area contributed by atoms with Gasteiger partial charge in [-0.05, 0) is 25.1 Å². The number of rotatable bonds is 4. The van der Waals surface area contributed by atoms with Crippen molar-refractivity contribution in [1.82, 2.24) is 10.3 Å². The van der Waals surface area contributed by atoms with E-state index >= 15 is 0 Å². The third-order valence-electron chi connectivity index (χ3n) is 3.05.